The van der Waals surface area contributed by atoms with Crippen molar-refractivity contribution in [3.63, 3.8) is 0 Å². The molecule has 0 aromatic heterocycles. The van der Waals surface area contributed by atoms with Gasteiger partial charge in [0.25, 0.3) is 0 Å². The first-order valence-electron chi connectivity index (χ1n) is 4.67. The van der Waals surface area contributed by atoms with Crippen LogP contribution < -0.4 is 0 Å². The number of likely N-dealkylation sites (tertiary alicyclic amines) is 1. The molecule has 1 heterocycles. The Labute approximate surface area is 74.3 Å². The Morgan fingerprint density at radius 3 is 2.67 bits per heavy atom. The molecule has 0 saturated carbocycles. The van der Waals surface area contributed by atoms with Crippen molar-refractivity contribution in [1.82, 2.24) is 4.90 Å². The molecule has 1 N–H and O–H groups in total. The quantitative estimate of drug-likeness (QED) is 0.650. The van der Waals surface area contributed by atoms with Crippen LogP contribution in [0.3, 0.4) is 0 Å². The molecule has 1 aliphatic heterocycles. The highest BCUT2D eigenvalue weighted by Crippen LogP contribution is 2.13. The third-order valence-corrected chi connectivity index (χ3v) is 2.15. The topological polar surface area (TPSA) is 32.7 Å². The van der Waals surface area contributed by atoms with E-state index in [1.54, 1.807) is 0 Å². The molecule has 0 aromatic carbocycles. The van der Waals surface area contributed by atoms with E-state index in [-0.39, 0.29) is 0 Å². The summed E-state index contributed by atoms with van der Waals surface area (Å²) < 4.78 is 5.41. The third-order valence-electron chi connectivity index (χ3n) is 2.15. The lowest BCUT2D eigenvalue weighted by molar-refractivity contribution is 0.00895. The Balaban J connectivity index is 1.90. The fourth-order valence-electron chi connectivity index (χ4n) is 1.39. The van der Waals surface area contributed by atoms with E-state index in [9.17, 15) is 0 Å². The number of aliphatic hydroxyl groups is 1. The van der Waals surface area contributed by atoms with Gasteiger partial charge >= 0.3 is 0 Å². The second kappa shape index (κ2) is 4.80. The molecule has 72 valence electrons. The highest BCUT2D eigenvalue weighted by molar-refractivity contribution is 4.78. The van der Waals surface area contributed by atoms with Crippen LogP contribution in [0.4, 0.5) is 0 Å². The molecule has 1 aliphatic rings. The molecule has 0 amide bonds. The summed E-state index contributed by atoms with van der Waals surface area (Å²) in [6.07, 6.45) is 0.333. The first-order chi connectivity index (χ1) is 5.72. The van der Waals surface area contributed by atoms with Crippen molar-refractivity contribution in [3.8, 4) is 0 Å². The van der Waals surface area contributed by atoms with Gasteiger partial charge in [-0.2, -0.15) is 0 Å². The van der Waals surface area contributed by atoms with Crippen LogP contribution >= 0.6 is 0 Å². The van der Waals surface area contributed by atoms with Crippen LogP contribution in [0.25, 0.3) is 0 Å². The fraction of sp³-hybridized carbons (Fsp3) is 1.00. The van der Waals surface area contributed by atoms with Crippen molar-refractivity contribution in [2.75, 3.05) is 32.8 Å². The lowest BCUT2D eigenvalue weighted by atomic mass is 10.0. The van der Waals surface area contributed by atoms with E-state index in [0.29, 0.717) is 18.6 Å². The summed E-state index contributed by atoms with van der Waals surface area (Å²) >= 11 is 0. The molecule has 0 unspecified atom stereocenters. The molecular formula is C9H19NO2. The zero-order valence-electron chi connectivity index (χ0n) is 7.99. The largest absolute Gasteiger partial charge is 0.396 e. The maximum absolute atomic E-state index is 8.76. The zero-order chi connectivity index (χ0) is 8.97. The Morgan fingerprint density at radius 2 is 2.17 bits per heavy atom. The van der Waals surface area contributed by atoms with E-state index >= 15 is 0 Å². The average molecular weight is 173 g/mol. The summed E-state index contributed by atoms with van der Waals surface area (Å²) in [6, 6.07) is 0. The van der Waals surface area contributed by atoms with E-state index in [1.807, 2.05) is 13.8 Å². The van der Waals surface area contributed by atoms with Gasteiger partial charge in [0.15, 0.2) is 0 Å². The van der Waals surface area contributed by atoms with Crippen LogP contribution in [-0.4, -0.2) is 49.0 Å². The maximum Gasteiger partial charge on any atom is 0.0596 e. The van der Waals surface area contributed by atoms with Crippen LogP contribution in [0.1, 0.15) is 13.8 Å². The minimum atomic E-state index is 0.333. The molecule has 1 fully saturated rings. The van der Waals surface area contributed by atoms with Gasteiger partial charge in [0.1, 0.15) is 0 Å². The Hall–Kier alpha value is -0.120. The Bertz CT molecular complexity index is 122. The number of hydrogen-bond acceptors (Lipinski definition) is 3. The van der Waals surface area contributed by atoms with Gasteiger partial charge in [0.2, 0.25) is 0 Å². The summed E-state index contributed by atoms with van der Waals surface area (Å²) in [5.74, 6) is 0.518. The van der Waals surface area contributed by atoms with Gasteiger partial charge in [-0.15, -0.1) is 0 Å². The van der Waals surface area contributed by atoms with Gasteiger partial charge in [-0.1, -0.05) is 0 Å². The molecule has 0 spiro atoms. The third kappa shape index (κ3) is 3.09. The van der Waals surface area contributed by atoms with Crippen molar-refractivity contribution < 1.29 is 9.84 Å². The summed E-state index contributed by atoms with van der Waals surface area (Å²) in [7, 11) is 0. The van der Waals surface area contributed by atoms with Crippen LogP contribution in [0.5, 0.6) is 0 Å². The first-order valence-corrected chi connectivity index (χ1v) is 4.67. The van der Waals surface area contributed by atoms with Gasteiger partial charge in [0.05, 0.1) is 12.7 Å². The summed E-state index contributed by atoms with van der Waals surface area (Å²) in [4.78, 5) is 2.31. The van der Waals surface area contributed by atoms with Gasteiger partial charge in [-0.25, -0.2) is 0 Å². The molecule has 0 radical (unpaired) electrons. The number of nitrogens with zero attached hydrogens (tertiary/aromatic N) is 1. The van der Waals surface area contributed by atoms with E-state index in [1.165, 1.54) is 0 Å². The predicted molar refractivity (Wildman–Crippen MR) is 48.1 cm³/mol. The highest BCUT2D eigenvalue weighted by Gasteiger charge is 2.24. The molecule has 1 rings (SSSR count). The van der Waals surface area contributed by atoms with Crippen LogP contribution in [0, 0.1) is 5.92 Å². The second-order valence-corrected chi connectivity index (χ2v) is 3.73. The molecule has 0 aromatic rings. The fourth-order valence-corrected chi connectivity index (χ4v) is 1.39. The minimum absolute atomic E-state index is 0.333. The van der Waals surface area contributed by atoms with Crippen molar-refractivity contribution >= 4 is 0 Å². The molecule has 1 saturated heterocycles. The van der Waals surface area contributed by atoms with Crippen molar-refractivity contribution in [1.29, 1.82) is 0 Å². The van der Waals surface area contributed by atoms with E-state index in [2.05, 4.69) is 4.90 Å². The van der Waals surface area contributed by atoms with Gasteiger partial charge in [-0.05, 0) is 13.8 Å². The number of ether oxygens (including phenoxy) is 1. The summed E-state index contributed by atoms with van der Waals surface area (Å²) in [5.41, 5.74) is 0. The Morgan fingerprint density at radius 1 is 1.50 bits per heavy atom. The van der Waals surface area contributed by atoms with Crippen molar-refractivity contribution in [2.45, 2.75) is 20.0 Å². The summed E-state index contributed by atoms with van der Waals surface area (Å²) in [6.45, 7) is 8.33. The van der Waals surface area contributed by atoms with E-state index < -0.39 is 0 Å². The molecule has 0 aliphatic carbocycles. The van der Waals surface area contributed by atoms with Gasteiger partial charge < -0.3 is 14.7 Å². The molecule has 0 bridgehead atoms. The number of hydrogen-bond donors (Lipinski definition) is 1. The van der Waals surface area contributed by atoms with Crippen LogP contribution in [0.2, 0.25) is 0 Å². The lowest BCUT2D eigenvalue weighted by Crippen LogP contribution is -2.49. The molecule has 12 heavy (non-hydrogen) atoms. The number of aliphatic hydroxyl groups excluding tert-OH is 1. The zero-order valence-corrected chi connectivity index (χ0v) is 7.99. The average Bonchev–Trinajstić information content (AvgIpc) is 1.93. The molecular weight excluding hydrogens is 154 g/mol. The monoisotopic (exact) mass is 173 g/mol. The molecule has 3 heteroatoms. The van der Waals surface area contributed by atoms with Crippen LogP contribution in [-0.2, 0) is 4.74 Å². The lowest BCUT2D eigenvalue weighted by Gasteiger charge is -2.38. The SMILES string of the molecule is CC(C)OCCN1CC(CO)C1. The second-order valence-electron chi connectivity index (χ2n) is 3.73. The smallest absolute Gasteiger partial charge is 0.0596 e. The highest BCUT2D eigenvalue weighted by atomic mass is 16.5. The maximum atomic E-state index is 8.76. The Kier molecular flexibility index (Phi) is 3.98. The van der Waals surface area contributed by atoms with E-state index in [4.69, 9.17) is 9.84 Å². The van der Waals surface area contributed by atoms with Gasteiger partial charge in [-0.3, -0.25) is 0 Å². The van der Waals surface area contributed by atoms with Gasteiger partial charge in [0, 0.05) is 32.2 Å². The minimum Gasteiger partial charge on any atom is -0.396 e. The molecule has 3 nitrogen and oxygen atoms in total. The normalized spacial score (nSPS) is 20.0. The van der Waals surface area contributed by atoms with E-state index in [0.717, 1.165) is 26.2 Å². The van der Waals surface area contributed by atoms with Crippen LogP contribution in [0.15, 0.2) is 0 Å². The van der Waals surface area contributed by atoms with Crippen molar-refractivity contribution in [2.24, 2.45) is 5.92 Å². The standard InChI is InChI=1S/C9H19NO2/c1-8(2)12-4-3-10-5-9(6-10)7-11/h8-9,11H,3-7H2,1-2H3. The molecule has 0 atom stereocenters. The first kappa shape index (κ1) is 9.96. The van der Waals surface area contributed by atoms with Crippen molar-refractivity contribution in [3.05, 3.63) is 0 Å². The predicted octanol–water partition coefficient (Wildman–Crippen LogP) is 0.336. The number of rotatable bonds is 5. The summed E-state index contributed by atoms with van der Waals surface area (Å²) in [5, 5.41) is 8.76.